The second-order valence-corrected chi connectivity index (χ2v) is 6.86. The molecule has 0 unspecified atom stereocenters. The van der Waals surface area contributed by atoms with E-state index in [1.165, 1.54) is 17.7 Å². The molecular weight excluding hydrogens is 258 g/mol. The quantitative estimate of drug-likeness (QED) is 0.828. The van der Waals surface area contributed by atoms with Gasteiger partial charge in [-0.25, -0.2) is 4.98 Å². The van der Waals surface area contributed by atoms with Crippen LogP contribution in [-0.4, -0.2) is 47.9 Å². The molecule has 3 aliphatic rings. The van der Waals surface area contributed by atoms with E-state index in [9.17, 15) is 4.79 Å². The number of anilines is 1. The number of carbonyl (C=O) groups excluding carboxylic acids is 1. The van der Waals surface area contributed by atoms with Crippen LogP contribution in [0.1, 0.15) is 41.0 Å². The van der Waals surface area contributed by atoms with Gasteiger partial charge in [-0.15, -0.1) is 11.3 Å². The topological polar surface area (TPSA) is 36.4 Å². The van der Waals surface area contributed by atoms with Gasteiger partial charge in [0.25, 0.3) is 0 Å². The summed E-state index contributed by atoms with van der Waals surface area (Å²) in [5, 5.41) is 1.08. The summed E-state index contributed by atoms with van der Waals surface area (Å²) < 4.78 is 0. The van der Waals surface area contributed by atoms with Crippen molar-refractivity contribution in [1.29, 1.82) is 0 Å². The fraction of sp³-hybridized carbons (Fsp3) is 0.714. The lowest BCUT2D eigenvalue weighted by Crippen LogP contribution is -2.47. The lowest BCUT2D eigenvalue weighted by atomic mass is 10.0. The van der Waals surface area contributed by atoms with Crippen LogP contribution in [0.15, 0.2) is 0 Å². The van der Waals surface area contributed by atoms with Crippen LogP contribution in [0.25, 0.3) is 0 Å². The van der Waals surface area contributed by atoms with E-state index in [4.69, 9.17) is 0 Å². The number of nitrogens with zero attached hydrogens (tertiary/aromatic N) is 3. The Balaban J connectivity index is 1.49. The van der Waals surface area contributed by atoms with Crippen molar-refractivity contribution in [2.24, 2.45) is 0 Å². The molecule has 4 nitrogen and oxygen atoms in total. The van der Waals surface area contributed by atoms with Crippen LogP contribution < -0.4 is 4.90 Å². The van der Waals surface area contributed by atoms with Gasteiger partial charge in [-0.05, 0) is 25.7 Å². The fourth-order valence-corrected chi connectivity index (χ4v) is 4.28. The molecule has 1 saturated carbocycles. The molecule has 19 heavy (non-hydrogen) atoms. The standard InChI is InChI=1S/C14H19N3OS/c18-11-2-1-3-12-13(11)15-14(19-12)17-8-6-16(7-9-17)10-4-5-10/h10H,1-9H2. The highest BCUT2D eigenvalue weighted by Crippen LogP contribution is 2.33. The van der Waals surface area contributed by atoms with Gasteiger partial charge >= 0.3 is 0 Å². The first-order valence-electron chi connectivity index (χ1n) is 7.33. The van der Waals surface area contributed by atoms with Crippen molar-refractivity contribution in [2.45, 2.75) is 38.1 Å². The number of hydrogen-bond donors (Lipinski definition) is 0. The molecule has 2 aliphatic carbocycles. The Kier molecular flexibility index (Phi) is 2.84. The zero-order chi connectivity index (χ0) is 12.8. The van der Waals surface area contributed by atoms with Crippen molar-refractivity contribution in [3.63, 3.8) is 0 Å². The first-order valence-corrected chi connectivity index (χ1v) is 8.15. The van der Waals surface area contributed by atoms with Gasteiger partial charge in [-0.1, -0.05) is 0 Å². The van der Waals surface area contributed by atoms with Crippen LogP contribution in [0.2, 0.25) is 0 Å². The molecule has 1 aromatic rings. The number of piperazine rings is 1. The number of rotatable bonds is 2. The van der Waals surface area contributed by atoms with Gasteiger partial charge in [0, 0.05) is 43.5 Å². The summed E-state index contributed by atoms with van der Waals surface area (Å²) in [5.74, 6) is 0.250. The van der Waals surface area contributed by atoms with E-state index in [2.05, 4.69) is 14.8 Å². The summed E-state index contributed by atoms with van der Waals surface area (Å²) in [5.41, 5.74) is 0.774. The molecule has 0 radical (unpaired) electrons. The largest absolute Gasteiger partial charge is 0.346 e. The fourth-order valence-electron chi connectivity index (χ4n) is 3.11. The zero-order valence-electron chi connectivity index (χ0n) is 11.1. The maximum absolute atomic E-state index is 11.8. The summed E-state index contributed by atoms with van der Waals surface area (Å²) in [7, 11) is 0. The van der Waals surface area contributed by atoms with Crippen molar-refractivity contribution in [1.82, 2.24) is 9.88 Å². The number of hydrogen-bond acceptors (Lipinski definition) is 5. The van der Waals surface area contributed by atoms with Crippen molar-refractivity contribution >= 4 is 22.3 Å². The number of aryl methyl sites for hydroxylation is 1. The Morgan fingerprint density at radius 3 is 2.58 bits per heavy atom. The predicted molar refractivity (Wildman–Crippen MR) is 76.2 cm³/mol. The summed E-state index contributed by atoms with van der Waals surface area (Å²) in [4.78, 5) is 22.7. The van der Waals surface area contributed by atoms with Gasteiger partial charge in [-0.2, -0.15) is 0 Å². The Morgan fingerprint density at radius 2 is 1.89 bits per heavy atom. The smallest absolute Gasteiger partial charge is 0.186 e. The number of carbonyl (C=O) groups is 1. The number of fused-ring (bicyclic) bond motifs is 1. The van der Waals surface area contributed by atoms with Crippen LogP contribution >= 0.6 is 11.3 Å². The normalized spacial score (nSPS) is 24.6. The van der Waals surface area contributed by atoms with Gasteiger partial charge < -0.3 is 4.90 Å². The molecule has 1 saturated heterocycles. The molecule has 0 atom stereocenters. The summed E-state index contributed by atoms with van der Waals surface area (Å²) in [6.45, 7) is 4.44. The molecule has 1 aromatic heterocycles. The second kappa shape index (κ2) is 4.56. The molecule has 2 heterocycles. The first kappa shape index (κ1) is 11.9. The van der Waals surface area contributed by atoms with Gasteiger partial charge in [0.1, 0.15) is 5.69 Å². The van der Waals surface area contributed by atoms with Crippen molar-refractivity contribution in [3.05, 3.63) is 10.6 Å². The van der Waals surface area contributed by atoms with Gasteiger partial charge in [-0.3, -0.25) is 9.69 Å². The molecule has 0 bridgehead atoms. The van der Waals surface area contributed by atoms with Crippen LogP contribution in [0, 0.1) is 0 Å². The molecule has 0 aromatic carbocycles. The van der Waals surface area contributed by atoms with Crippen LogP contribution in [0.4, 0.5) is 5.13 Å². The van der Waals surface area contributed by atoms with Crippen LogP contribution in [0.5, 0.6) is 0 Å². The third-order valence-electron chi connectivity index (χ3n) is 4.41. The molecule has 0 N–H and O–H groups in total. The van der Waals surface area contributed by atoms with E-state index in [0.29, 0.717) is 6.42 Å². The Hall–Kier alpha value is -0.940. The number of ketones is 1. The van der Waals surface area contributed by atoms with Crippen molar-refractivity contribution in [2.75, 3.05) is 31.1 Å². The molecule has 5 heteroatoms. The maximum atomic E-state index is 11.8. The number of aromatic nitrogens is 1. The van der Waals surface area contributed by atoms with Crippen molar-refractivity contribution in [3.8, 4) is 0 Å². The average Bonchev–Trinajstić information content (AvgIpc) is 3.19. The summed E-state index contributed by atoms with van der Waals surface area (Å²) in [6.07, 6.45) is 5.51. The van der Waals surface area contributed by atoms with E-state index in [0.717, 1.165) is 55.9 Å². The van der Waals surface area contributed by atoms with E-state index < -0.39 is 0 Å². The minimum absolute atomic E-state index is 0.250. The Morgan fingerprint density at radius 1 is 1.11 bits per heavy atom. The highest BCUT2D eigenvalue weighted by molar-refractivity contribution is 7.16. The molecule has 0 spiro atoms. The highest BCUT2D eigenvalue weighted by atomic mass is 32.1. The minimum atomic E-state index is 0.250. The van der Waals surface area contributed by atoms with E-state index in [-0.39, 0.29) is 5.78 Å². The van der Waals surface area contributed by atoms with Crippen LogP contribution in [-0.2, 0) is 6.42 Å². The molecule has 4 rings (SSSR count). The predicted octanol–water partition coefficient (Wildman–Crippen LogP) is 1.95. The monoisotopic (exact) mass is 277 g/mol. The zero-order valence-corrected chi connectivity index (χ0v) is 11.9. The van der Waals surface area contributed by atoms with Gasteiger partial charge in [0.15, 0.2) is 10.9 Å². The third kappa shape index (κ3) is 2.19. The molecule has 2 fully saturated rings. The Bertz CT molecular complexity index is 501. The summed E-state index contributed by atoms with van der Waals surface area (Å²) >= 11 is 1.75. The average molecular weight is 277 g/mol. The Labute approximate surface area is 117 Å². The maximum Gasteiger partial charge on any atom is 0.186 e. The lowest BCUT2D eigenvalue weighted by Gasteiger charge is -2.34. The van der Waals surface area contributed by atoms with E-state index >= 15 is 0 Å². The second-order valence-electron chi connectivity index (χ2n) is 5.80. The molecule has 1 aliphatic heterocycles. The van der Waals surface area contributed by atoms with E-state index in [1.54, 1.807) is 11.3 Å². The SMILES string of the molecule is O=C1CCCc2sc(N3CCN(C4CC4)CC3)nc21. The highest BCUT2D eigenvalue weighted by Gasteiger charge is 2.32. The first-order chi connectivity index (χ1) is 9.31. The van der Waals surface area contributed by atoms with Crippen molar-refractivity contribution < 1.29 is 4.79 Å². The molecule has 102 valence electrons. The number of Topliss-reactive ketones (excluding diaryl/α,β-unsaturated/α-hetero) is 1. The van der Waals surface area contributed by atoms with E-state index in [1.807, 2.05) is 0 Å². The third-order valence-corrected chi connectivity index (χ3v) is 5.58. The molecular formula is C14H19N3OS. The minimum Gasteiger partial charge on any atom is -0.346 e. The lowest BCUT2D eigenvalue weighted by molar-refractivity contribution is 0.0968. The molecule has 0 amide bonds. The van der Waals surface area contributed by atoms with Gasteiger partial charge in [0.05, 0.1) is 0 Å². The number of thiazole rings is 1. The van der Waals surface area contributed by atoms with Gasteiger partial charge in [0.2, 0.25) is 0 Å². The summed E-state index contributed by atoms with van der Waals surface area (Å²) in [6, 6.07) is 0.869. The van der Waals surface area contributed by atoms with Crippen LogP contribution in [0.3, 0.4) is 0 Å².